The topological polar surface area (TPSA) is 59.1 Å². The van der Waals surface area contributed by atoms with Gasteiger partial charge in [-0.25, -0.2) is 0 Å². The molecule has 2 amide bonds. The van der Waals surface area contributed by atoms with E-state index in [4.69, 9.17) is 9.47 Å². The van der Waals surface area contributed by atoms with Gasteiger partial charge in [-0.05, 0) is 36.1 Å². The van der Waals surface area contributed by atoms with Crippen molar-refractivity contribution in [1.82, 2.24) is 9.80 Å². The number of ether oxygens (including phenoxy) is 2. The average molecular weight is 360 g/mol. The Balaban J connectivity index is 1.84. The average Bonchev–Trinajstić information content (AvgIpc) is 2.66. The van der Waals surface area contributed by atoms with Crippen LogP contribution in [0.25, 0.3) is 0 Å². The highest BCUT2D eigenvalue weighted by atomic mass is 16.5. The van der Waals surface area contributed by atoms with E-state index in [-0.39, 0.29) is 24.4 Å². The lowest BCUT2D eigenvalue weighted by molar-refractivity contribution is -0.149. The Morgan fingerprint density at radius 2 is 1.92 bits per heavy atom. The Kier molecular flexibility index (Phi) is 5.69. The van der Waals surface area contributed by atoms with Gasteiger partial charge in [-0.15, -0.1) is 0 Å². The first-order valence-electron chi connectivity index (χ1n) is 9.41. The molecule has 0 N–H and O–H groups in total. The number of carbonyl (C=O) groups excluding carboxylic acids is 2. The molecule has 2 heterocycles. The number of piperazine rings is 1. The molecule has 0 aromatic heterocycles. The molecule has 1 unspecified atom stereocenters. The molecule has 0 spiro atoms. The van der Waals surface area contributed by atoms with Gasteiger partial charge in [-0.2, -0.15) is 0 Å². The predicted octanol–water partition coefficient (Wildman–Crippen LogP) is 2.55. The summed E-state index contributed by atoms with van der Waals surface area (Å²) in [6, 6.07) is 3.86. The van der Waals surface area contributed by atoms with Gasteiger partial charge in [-0.3, -0.25) is 9.59 Å². The second kappa shape index (κ2) is 7.98. The molecule has 6 nitrogen and oxygen atoms in total. The molecule has 1 atom stereocenters. The van der Waals surface area contributed by atoms with Gasteiger partial charge in [0.1, 0.15) is 0 Å². The van der Waals surface area contributed by atoms with E-state index in [9.17, 15) is 9.59 Å². The van der Waals surface area contributed by atoms with E-state index in [2.05, 4.69) is 6.92 Å². The van der Waals surface area contributed by atoms with Crippen molar-refractivity contribution in [2.24, 2.45) is 0 Å². The third-order valence-corrected chi connectivity index (χ3v) is 5.39. The SMILES string of the molecule is CCCCCC(=O)N1CC(=O)N2CCc3cc(OC)c(OC)cc3C2C1. The highest BCUT2D eigenvalue weighted by Crippen LogP contribution is 2.39. The van der Waals surface area contributed by atoms with Crippen LogP contribution in [0.2, 0.25) is 0 Å². The zero-order chi connectivity index (χ0) is 18.7. The lowest BCUT2D eigenvalue weighted by Crippen LogP contribution is -2.55. The summed E-state index contributed by atoms with van der Waals surface area (Å²) >= 11 is 0. The lowest BCUT2D eigenvalue weighted by Gasteiger charge is -2.44. The quantitative estimate of drug-likeness (QED) is 0.732. The maximum atomic E-state index is 12.6. The normalized spacial score (nSPS) is 19.0. The number of amides is 2. The van der Waals surface area contributed by atoms with Crippen LogP contribution in [-0.2, 0) is 16.0 Å². The Bertz CT molecular complexity index is 689. The maximum absolute atomic E-state index is 12.6. The zero-order valence-electron chi connectivity index (χ0n) is 15.9. The molecule has 0 radical (unpaired) electrons. The van der Waals surface area contributed by atoms with Crippen LogP contribution in [-0.4, -0.2) is 55.5 Å². The Labute approximate surface area is 155 Å². The fourth-order valence-corrected chi connectivity index (χ4v) is 3.93. The number of hydrogen-bond acceptors (Lipinski definition) is 4. The number of benzene rings is 1. The lowest BCUT2D eigenvalue weighted by atomic mass is 9.90. The van der Waals surface area contributed by atoms with E-state index < -0.39 is 0 Å². The minimum atomic E-state index is -0.102. The molecule has 142 valence electrons. The second-order valence-corrected chi connectivity index (χ2v) is 6.99. The van der Waals surface area contributed by atoms with E-state index in [1.54, 1.807) is 19.1 Å². The fraction of sp³-hybridized carbons (Fsp3) is 0.600. The molecule has 1 aromatic rings. The number of hydrogen-bond donors (Lipinski definition) is 0. The fourth-order valence-electron chi connectivity index (χ4n) is 3.93. The van der Waals surface area contributed by atoms with Crippen molar-refractivity contribution in [1.29, 1.82) is 0 Å². The van der Waals surface area contributed by atoms with Gasteiger partial charge >= 0.3 is 0 Å². The summed E-state index contributed by atoms with van der Waals surface area (Å²) in [4.78, 5) is 28.8. The molecule has 26 heavy (non-hydrogen) atoms. The summed E-state index contributed by atoms with van der Waals surface area (Å²) in [7, 11) is 3.24. The van der Waals surface area contributed by atoms with Crippen LogP contribution in [0.1, 0.15) is 49.8 Å². The highest BCUT2D eigenvalue weighted by Gasteiger charge is 2.38. The van der Waals surface area contributed by atoms with E-state index in [1.807, 2.05) is 17.0 Å². The summed E-state index contributed by atoms with van der Waals surface area (Å²) in [5.74, 6) is 1.48. The number of fused-ring (bicyclic) bond motifs is 3. The summed E-state index contributed by atoms with van der Waals surface area (Å²) < 4.78 is 10.8. The third-order valence-electron chi connectivity index (χ3n) is 5.39. The number of carbonyl (C=O) groups is 2. The van der Waals surface area contributed by atoms with Crippen LogP contribution >= 0.6 is 0 Å². The minimum absolute atomic E-state index is 0.0329. The highest BCUT2D eigenvalue weighted by molar-refractivity contribution is 5.86. The Morgan fingerprint density at radius 3 is 2.62 bits per heavy atom. The van der Waals surface area contributed by atoms with Crippen molar-refractivity contribution in [3.63, 3.8) is 0 Å². The monoisotopic (exact) mass is 360 g/mol. The smallest absolute Gasteiger partial charge is 0.242 e. The number of rotatable bonds is 6. The molecule has 1 fully saturated rings. The first-order chi connectivity index (χ1) is 12.6. The molecule has 1 saturated heterocycles. The van der Waals surface area contributed by atoms with Crippen molar-refractivity contribution in [3.05, 3.63) is 23.3 Å². The summed E-state index contributed by atoms with van der Waals surface area (Å²) in [5, 5.41) is 0. The first-order valence-corrected chi connectivity index (χ1v) is 9.41. The number of unbranched alkanes of at least 4 members (excludes halogenated alkanes) is 2. The van der Waals surface area contributed by atoms with Crippen LogP contribution in [0.5, 0.6) is 11.5 Å². The molecule has 2 aliphatic rings. The van der Waals surface area contributed by atoms with Gasteiger partial charge in [0.25, 0.3) is 0 Å². The molecule has 0 bridgehead atoms. The molecule has 3 rings (SSSR count). The van der Waals surface area contributed by atoms with Crippen LogP contribution in [0, 0.1) is 0 Å². The van der Waals surface area contributed by atoms with Crippen molar-refractivity contribution in [2.45, 2.75) is 45.1 Å². The van der Waals surface area contributed by atoms with Gasteiger partial charge in [0.15, 0.2) is 11.5 Å². The van der Waals surface area contributed by atoms with Crippen LogP contribution in [0.15, 0.2) is 12.1 Å². The largest absolute Gasteiger partial charge is 0.493 e. The van der Waals surface area contributed by atoms with Crippen molar-refractivity contribution < 1.29 is 19.1 Å². The molecule has 2 aliphatic heterocycles. The molecule has 6 heteroatoms. The molecule has 0 aliphatic carbocycles. The first kappa shape index (κ1) is 18.5. The molecule has 1 aromatic carbocycles. The second-order valence-electron chi connectivity index (χ2n) is 6.99. The molecule has 0 saturated carbocycles. The van der Waals surface area contributed by atoms with E-state index in [1.165, 1.54) is 0 Å². The minimum Gasteiger partial charge on any atom is -0.493 e. The summed E-state index contributed by atoms with van der Waals surface area (Å²) in [6.07, 6.45) is 4.32. The predicted molar refractivity (Wildman–Crippen MR) is 98.4 cm³/mol. The van der Waals surface area contributed by atoms with E-state index in [0.717, 1.165) is 36.8 Å². The Morgan fingerprint density at radius 1 is 1.19 bits per heavy atom. The zero-order valence-corrected chi connectivity index (χ0v) is 15.9. The van der Waals surface area contributed by atoms with Gasteiger partial charge in [0.2, 0.25) is 11.8 Å². The van der Waals surface area contributed by atoms with E-state index in [0.29, 0.717) is 31.0 Å². The van der Waals surface area contributed by atoms with Gasteiger partial charge in [0, 0.05) is 19.5 Å². The third kappa shape index (κ3) is 3.50. The van der Waals surface area contributed by atoms with Gasteiger partial charge < -0.3 is 19.3 Å². The van der Waals surface area contributed by atoms with Crippen LogP contribution in [0.4, 0.5) is 0 Å². The van der Waals surface area contributed by atoms with Crippen molar-refractivity contribution >= 4 is 11.8 Å². The summed E-state index contributed by atoms with van der Waals surface area (Å²) in [5.41, 5.74) is 2.23. The Hall–Kier alpha value is -2.24. The summed E-state index contributed by atoms with van der Waals surface area (Å²) in [6.45, 7) is 3.56. The van der Waals surface area contributed by atoms with Crippen LogP contribution < -0.4 is 9.47 Å². The van der Waals surface area contributed by atoms with Crippen LogP contribution in [0.3, 0.4) is 0 Å². The van der Waals surface area contributed by atoms with Crippen molar-refractivity contribution in [2.75, 3.05) is 33.9 Å². The maximum Gasteiger partial charge on any atom is 0.242 e. The van der Waals surface area contributed by atoms with Gasteiger partial charge in [-0.1, -0.05) is 19.8 Å². The standard InChI is InChI=1S/C20H28N2O4/c1-4-5-6-7-19(23)21-12-16-15-11-18(26-3)17(25-2)10-14(15)8-9-22(16)20(24)13-21/h10-11,16H,4-9,12-13H2,1-3H3. The molecular weight excluding hydrogens is 332 g/mol. The number of nitrogens with zero attached hydrogens (tertiary/aromatic N) is 2. The van der Waals surface area contributed by atoms with Gasteiger partial charge in [0.05, 0.1) is 26.8 Å². The van der Waals surface area contributed by atoms with Crippen molar-refractivity contribution in [3.8, 4) is 11.5 Å². The number of methoxy groups -OCH3 is 2. The molecular formula is C20H28N2O4. The van der Waals surface area contributed by atoms with E-state index >= 15 is 0 Å².